The zero-order valence-corrected chi connectivity index (χ0v) is 19.9. The fourth-order valence-corrected chi connectivity index (χ4v) is 3.91. The molecule has 0 N–H and O–H groups in total. The molecule has 0 saturated carbocycles. The van der Waals surface area contributed by atoms with Crippen molar-refractivity contribution in [3.63, 3.8) is 0 Å². The fourth-order valence-electron chi connectivity index (χ4n) is 3.91. The molecule has 3 aromatic rings. The molecular weight excluding hydrogens is 404 g/mol. The van der Waals surface area contributed by atoms with Crippen molar-refractivity contribution in [3.8, 4) is 11.5 Å². The van der Waals surface area contributed by atoms with Crippen LogP contribution in [0, 0.1) is 13.8 Å². The zero-order chi connectivity index (χ0) is 23.1. The molecule has 0 aliphatic heterocycles. The number of rotatable bonds is 11. The lowest BCUT2D eigenvalue weighted by Crippen LogP contribution is -2.07. The molecule has 0 bridgehead atoms. The Bertz CT molecular complexity index is 1070. The summed E-state index contributed by atoms with van der Waals surface area (Å²) in [5.41, 5.74) is 5.66. The number of fused-ring (bicyclic) bond motifs is 1. The number of esters is 1. The van der Waals surface area contributed by atoms with Gasteiger partial charge < -0.3 is 18.8 Å². The maximum Gasteiger partial charge on any atom is 0.305 e. The number of benzene rings is 2. The van der Waals surface area contributed by atoms with Gasteiger partial charge in [0.05, 0.1) is 30.9 Å². The van der Waals surface area contributed by atoms with Crippen LogP contribution in [0.5, 0.6) is 11.5 Å². The van der Waals surface area contributed by atoms with Crippen LogP contribution in [0.3, 0.4) is 0 Å². The molecule has 3 rings (SSSR count). The summed E-state index contributed by atoms with van der Waals surface area (Å²) in [7, 11) is 0. The maximum absolute atomic E-state index is 11.5. The van der Waals surface area contributed by atoms with E-state index < -0.39 is 0 Å². The minimum atomic E-state index is -0.182. The van der Waals surface area contributed by atoms with Gasteiger partial charge >= 0.3 is 5.97 Å². The minimum Gasteiger partial charge on any atom is -0.494 e. The molecule has 2 aromatic carbocycles. The van der Waals surface area contributed by atoms with E-state index in [-0.39, 0.29) is 5.97 Å². The van der Waals surface area contributed by atoms with Gasteiger partial charge in [-0.25, -0.2) is 4.98 Å². The summed E-state index contributed by atoms with van der Waals surface area (Å²) in [6, 6.07) is 10.4. The first-order chi connectivity index (χ1) is 15.5. The van der Waals surface area contributed by atoms with Crippen molar-refractivity contribution in [1.82, 2.24) is 9.55 Å². The average molecular weight is 439 g/mol. The van der Waals surface area contributed by atoms with Crippen LogP contribution < -0.4 is 9.47 Å². The van der Waals surface area contributed by atoms with Gasteiger partial charge in [-0.15, -0.1) is 0 Å². The van der Waals surface area contributed by atoms with E-state index in [1.165, 1.54) is 11.1 Å². The van der Waals surface area contributed by atoms with E-state index in [4.69, 9.17) is 19.2 Å². The van der Waals surface area contributed by atoms with Crippen LogP contribution in [-0.4, -0.2) is 35.3 Å². The van der Waals surface area contributed by atoms with Gasteiger partial charge in [-0.05, 0) is 75.4 Å². The Morgan fingerprint density at radius 3 is 2.50 bits per heavy atom. The van der Waals surface area contributed by atoms with Crippen molar-refractivity contribution < 1.29 is 19.0 Å². The normalized spacial score (nSPS) is 11.0. The predicted molar refractivity (Wildman–Crippen MR) is 127 cm³/mol. The second-order valence-corrected chi connectivity index (χ2v) is 7.83. The fraction of sp³-hybridized carbons (Fsp3) is 0.462. The minimum absolute atomic E-state index is 0.182. The van der Waals surface area contributed by atoms with E-state index in [1.807, 2.05) is 39.0 Å². The van der Waals surface area contributed by atoms with Gasteiger partial charge in [-0.3, -0.25) is 4.79 Å². The number of nitrogens with zero attached hydrogens (tertiary/aromatic N) is 2. The molecule has 32 heavy (non-hydrogen) atoms. The van der Waals surface area contributed by atoms with E-state index in [0.29, 0.717) is 32.7 Å². The van der Waals surface area contributed by atoms with Crippen LogP contribution in [0.4, 0.5) is 0 Å². The van der Waals surface area contributed by atoms with Crippen molar-refractivity contribution in [1.29, 1.82) is 0 Å². The van der Waals surface area contributed by atoms with E-state index in [2.05, 4.69) is 30.5 Å². The third-order valence-corrected chi connectivity index (χ3v) is 5.51. The molecule has 1 heterocycles. The van der Waals surface area contributed by atoms with Crippen molar-refractivity contribution in [3.05, 3.63) is 52.8 Å². The summed E-state index contributed by atoms with van der Waals surface area (Å²) in [6.07, 6.45) is 1.93. The Hall–Kier alpha value is -3.02. The number of hydrogen-bond acceptors (Lipinski definition) is 5. The van der Waals surface area contributed by atoms with Crippen LogP contribution >= 0.6 is 0 Å². The Balaban J connectivity index is 1.82. The molecule has 0 unspecified atom stereocenters. The second kappa shape index (κ2) is 11.0. The Labute approximate surface area is 190 Å². The lowest BCUT2D eigenvalue weighted by Gasteiger charge is -2.14. The zero-order valence-electron chi connectivity index (χ0n) is 19.9. The SMILES string of the molecule is CCOC(=O)CCCOc1cc(C)c2nc(C)n(Cc3ccc(OCC)cc3CC)c2c1. The highest BCUT2D eigenvalue weighted by atomic mass is 16.5. The third-order valence-electron chi connectivity index (χ3n) is 5.51. The highest BCUT2D eigenvalue weighted by molar-refractivity contribution is 5.81. The van der Waals surface area contributed by atoms with Gasteiger partial charge in [0.2, 0.25) is 0 Å². The number of carbonyl (C=O) groups excluding carboxylic acids is 1. The molecular formula is C26H34N2O4. The average Bonchev–Trinajstić information content (AvgIpc) is 3.08. The highest BCUT2D eigenvalue weighted by Gasteiger charge is 2.14. The lowest BCUT2D eigenvalue weighted by molar-refractivity contribution is -0.143. The van der Waals surface area contributed by atoms with Crippen molar-refractivity contribution in [2.45, 2.75) is 60.4 Å². The summed E-state index contributed by atoms with van der Waals surface area (Å²) < 4.78 is 18.8. The summed E-state index contributed by atoms with van der Waals surface area (Å²) >= 11 is 0. The second-order valence-electron chi connectivity index (χ2n) is 7.83. The number of hydrogen-bond donors (Lipinski definition) is 0. The molecule has 0 fully saturated rings. The first-order valence-electron chi connectivity index (χ1n) is 11.5. The number of imidazole rings is 1. The van der Waals surface area contributed by atoms with Gasteiger partial charge in [0, 0.05) is 19.0 Å². The summed E-state index contributed by atoms with van der Waals surface area (Å²) in [5, 5.41) is 0. The van der Waals surface area contributed by atoms with Crippen LogP contribution in [0.15, 0.2) is 30.3 Å². The first-order valence-corrected chi connectivity index (χ1v) is 11.5. The van der Waals surface area contributed by atoms with Gasteiger partial charge in [0.1, 0.15) is 17.3 Å². The molecule has 0 spiro atoms. The molecule has 6 nitrogen and oxygen atoms in total. The highest BCUT2D eigenvalue weighted by Crippen LogP contribution is 2.28. The Morgan fingerprint density at radius 1 is 0.969 bits per heavy atom. The van der Waals surface area contributed by atoms with Crippen molar-refractivity contribution in [2.24, 2.45) is 0 Å². The molecule has 0 radical (unpaired) electrons. The van der Waals surface area contributed by atoms with Crippen LogP contribution in [0.2, 0.25) is 0 Å². The smallest absolute Gasteiger partial charge is 0.305 e. The lowest BCUT2D eigenvalue weighted by atomic mass is 10.0. The van der Waals surface area contributed by atoms with Gasteiger partial charge in [0.25, 0.3) is 0 Å². The number of carbonyl (C=O) groups is 1. The van der Waals surface area contributed by atoms with Crippen molar-refractivity contribution in [2.75, 3.05) is 19.8 Å². The Kier molecular flexibility index (Phi) is 8.14. The molecule has 172 valence electrons. The standard InChI is InChI=1S/C26H34N2O4/c1-6-20-15-22(30-7-2)12-11-21(20)17-28-19(5)27-26-18(4)14-23(16-24(26)28)32-13-9-10-25(29)31-8-3/h11-12,14-16H,6-10,13,17H2,1-5H3. The van der Waals surface area contributed by atoms with Crippen LogP contribution in [-0.2, 0) is 22.5 Å². The van der Waals surface area contributed by atoms with Crippen LogP contribution in [0.25, 0.3) is 11.0 Å². The monoisotopic (exact) mass is 438 g/mol. The molecule has 0 aliphatic rings. The molecule has 0 saturated heterocycles. The van der Waals surface area contributed by atoms with E-state index in [1.54, 1.807) is 0 Å². The number of ether oxygens (including phenoxy) is 3. The number of aryl methyl sites for hydroxylation is 3. The molecule has 0 aliphatic carbocycles. The summed E-state index contributed by atoms with van der Waals surface area (Å²) in [4.78, 5) is 16.3. The van der Waals surface area contributed by atoms with Gasteiger partial charge in [-0.1, -0.05) is 13.0 Å². The topological polar surface area (TPSA) is 62.6 Å². The summed E-state index contributed by atoms with van der Waals surface area (Å²) in [5.74, 6) is 2.49. The molecule has 6 heteroatoms. The van der Waals surface area contributed by atoms with E-state index >= 15 is 0 Å². The molecule has 1 aromatic heterocycles. The maximum atomic E-state index is 11.5. The largest absolute Gasteiger partial charge is 0.494 e. The van der Waals surface area contributed by atoms with E-state index in [0.717, 1.165) is 46.9 Å². The summed E-state index contributed by atoms with van der Waals surface area (Å²) in [6.45, 7) is 12.4. The number of aromatic nitrogens is 2. The predicted octanol–water partition coefficient (Wildman–Crippen LogP) is 5.38. The van der Waals surface area contributed by atoms with E-state index in [9.17, 15) is 4.79 Å². The van der Waals surface area contributed by atoms with Crippen LogP contribution in [0.1, 0.15) is 56.1 Å². The van der Waals surface area contributed by atoms with Gasteiger partial charge in [-0.2, -0.15) is 0 Å². The molecule has 0 amide bonds. The van der Waals surface area contributed by atoms with Gasteiger partial charge in [0.15, 0.2) is 0 Å². The first kappa shape index (κ1) is 23.6. The quantitative estimate of drug-likeness (QED) is 0.297. The van der Waals surface area contributed by atoms with Crippen molar-refractivity contribution >= 4 is 17.0 Å². The Morgan fingerprint density at radius 2 is 1.78 bits per heavy atom. The third kappa shape index (κ3) is 5.61. The molecule has 0 atom stereocenters.